The summed E-state index contributed by atoms with van der Waals surface area (Å²) in [6.45, 7) is 3.28. The topological polar surface area (TPSA) is 33.3 Å². The van der Waals surface area contributed by atoms with Gasteiger partial charge in [-0.25, -0.2) is 4.39 Å². The van der Waals surface area contributed by atoms with Crippen LogP contribution in [0, 0.1) is 5.82 Å². The highest BCUT2D eigenvalue weighted by Gasteiger charge is 2.17. The molecule has 0 amide bonds. The van der Waals surface area contributed by atoms with Gasteiger partial charge in [0.05, 0.1) is 7.11 Å². The third kappa shape index (κ3) is 3.35. The Kier molecular flexibility index (Phi) is 4.42. The number of anilines is 1. The van der Waals surface area contributed by atoms with Crippen molar-refractivity contribution in [3.63, 3.8) is 0 Å². The molecule has 1 saturated heterocycles. The Balaban J connectivity index is 1.91. The van der Waals surface area contributed by atoms with E-state index in [1.807, 2.05) is 0 Å². The van der Waals surface area contributed by atoms with E-state index in [0.29, 0.717) is 12.1 Å². The maximum absolute atomic E-state index is 13.3. The predicted molar refractivity (Wildman–Crippen MR) is 71.7 cm³/mol. The van der Waals surface area contributed by atoms with Gasteiger partial charge in [-0.3, -0.25) is 0 Å². The zero-order valence-corrected chi connectivity index (χ0v) is 11.0. The number of ether oxygens (including phenoxy) is 1. The fourth-order valence-corrected chi connectivity index (χ4v) is 2.48. The van der Waals surface area contributed by atoms with Gasteiger partial charge in [-0.2, -0.15) is 0 Å². The average molecular weight is 252 g/mol. The van der Waals surface area contributed by atoms with Gasteiger partial charge in [-0.15, -0.1) is 0 Å². The van der Waals surface area contributed by atoms with Crippen LogP contribution in [0.25, 0.3) is 0 Å². The first-order valence-corrected chi connectivity index (χ1v) is 6.52. The number of hydrogen-bond acceptors (Lipinski definition) is 3. The van der Waals surface area contributed by atoms with Gasteiger partial charge in [0.2, 0.25) is 0 Å². The van der Waals surface area contributed by atoms with Gasteiger partial charge < -0.3 is 15.4 Å². The molecular weight excluding hydrogens is 231 g/mol. The fraction of sp³-hybridized carbons (Fsp3) is 0.571. The monoisotopic (exact) mass is 252 g/mol. The molecule has 1 aliphatic heterocycles. The van der Waals surface area contributed by atoms with Gasteiger partial charge in [0.25, 0.3) is 0 Å². The molecule has 2 rings (SSSR count). The third-order valence-electron chi connectivity index (χ3n) is 3.36. The molecule has 0 radical (unpaired) electrons. The molecule has 1 aromatic rings. The van der Waals surface area contributed by atoms with E-state index < -0.39 is 0 Å². The lowest BCUT2D eigenvalue weighted by atomic mass is 10.1. The molecule has 1 aromatic carbocycles. The highest BCUT2D eigenvalue weighted by Crippen LogP contribution is 2.23. The maximum Gasteiger partial charge on any atom is 0.165 e. The standard InChI is InChI=1S/C14H21FN2O/c1-10(8-11-4-3-7-16-11)17-12-5-6-13(15)14(9-12)18-2/h5-6,9-11,16-17H,3-4,7-8H2,1-2H3. The molecule has 100 valence electrons. The van der Waals surface area contributed by atoms with Gasteiger partial charge in [-0.05, 0) is 44.9 Å². The zero-order chi connectivity index (χ0) is 13.0. The lowest BCUT2D eigenvalue weighted by molar-refractivity contribution is 0.386. The van der Waals surface area contributed by atoms with Gasteiger partial charge >= 0.3 is 0 Å². The van der Waals surface area contributed by atoms with E-state index in [1.54, 1.807) is 12.1 Å². The Labute approximate surface area is 108 Å². The largest absolute Gasteiger partial charge is 0.494 e. The summed E-state index contributed by atoms with van der Waals surface area (Å²) in [5.41, 5.74) is 0.902. The molecule has 0 spiro atoms. The Hall–Kier alpha value is -1.29. The second-order valence-corrected chi connectivity index (χ2v) is 4.92. The third-order valence-corrected chi connectivity index (χ3v) is 3.36. The van der Waals surface area contributed by atoms with Crippen molar-refractivity contribution in [2.45, 2.75) is 38.3 Å². The molecule has 18 heavy (non-hydrogen) atoms. The SMILES string of the molecule is COc1cc(NC(C)CC2CCCN2)ccc1F. The Morgan fingerprint density at radius 1 is 1.56 bits per heavy atom. The molecule has 2 atom stereocenters. The lowest BCUT2D eigenvalue weighted by Gasteiger charge is -2.19. The number of hydrogen-bond donors (Lipinski definition) is 2. The summed E-state index contributed by atoms with van der Waals surface area (Å²) in [4.78, 5) is 0. The van der Waals surface area contributed by atoms with Crippen molar-refractivity contribution in [1.29, 1.82) is 0 Å². The first-order valence-electron chi connectivity index (χ1n) is 6.52. The van der Waals surface area contributed by atoms with Crippen molar-refractivity contribution in [2.75, 3.05) is 19.0 Å². The van der Waals surface area contributed by atoms with Crippen LogP contribution in [0.2, 0.25) is 0 Å². The van der Waals surface area contributed by atoms with E-state index in [-0.39, 0.29) is 11.6 Å². The summed E-state index contributed by atoms with van der Waals surface area (Å²) in [7, 11) is 1.48. The average Bonchev–Trinajstić information content (AvgIpc) is 2.84. The normalized spacial score (nSPS) is 20.7. The first-order chi connectivity index (χ1) is 8.69. The lowest BCUT2D eigenvalue weighted by Crippen LogP contribution is -2.29. The molecule has 0 bridgehead atoms. The van der Waals surface area contributed by atoms with Gasteiger partial charge in [0.1, 0.15) is 0 Å². The summed E-state index contributed by atoms with van der Waals surface area (Å²) >= 11 is 0. The van der Waals surface area contributed by atoms with Crippen molar-refractivity contribution < 1.29 is 9.13 Å². The summed E-state index contributed by atoms with van der Waals surface area (Å²) in [6.07, 6.45) is 3.60. The van der Waals surface area contributed by atoms with E-state index >= 15 is 0 Å². The number of methoxy groups -OCH3 is 1. The van der Waals surface area contributed by atoms with Crippen LogP contribution in [-0.4, -0.2) is 25.7 Å². The molecule has 3 nitrogen and oxygen atoms in total. The van der Waals surface area contributed by atoms with Gasteiger partial charge in [0.15, 0.2) is 11.6 Å². The smallest absolute Gasteiger partial charge is 0.165 e. The molecule has 0 saturated carbocycles. The van der Waals surface area contributed by atoms with E-state index in [4.69, 9.17) is 4.74 Å². The molecule has 0 aliphatic carbocycles. The van der Waals surface area contributed by atoms with Gasteiger partial charge in [0, 0.05) is 23.8 Å². The van der Waals surface area contributed by atoms with Crippen molar-refractivity contribution in [3.05, 3.63) is 24.0 Å². The summed E-state index contributed by atoms with van der Waals surface area (Å²) in [5, 5.41) is 6.86. The van der Waals surface area contributed by atoms with E-state index in [9.17, 15) is 4.39 Å². The number of benzene rings is 1. The molecule has 0 aromatic heterocycles. The van der Waals surface area contributed by atoms with Crippen LogP contribution in [0.3, 0.4) is 0 Å². The van der Waals surface area contributed by atoms with Crippen LogP contribution >= 0.6 is 0 Å². The Bertz CT molecular complexity index is 391. The second-order valence-electron chi connectivity index (χ2n) is 4.92. The van der Waals surface area contributed by atoms with Crippen LogP contribution in [0.1, 0.15) is 26.2 Å². The number of rotatable bonds is 5. The quantitative estimate of drug-likeness (QED) is 0.845. The Morgan fingerprint density at radius 3 is 3.06 bits per heavy atom. The minimum absolute atomic E-state index is 0.284. The number of nitrogens with one attached hydrogen (secondary N) is 2. The van der Waals surface area contributed by atoms with E-state index in [0.717, 1.165) is 18.7 Å². The molecule has 1 heterocycles. The van der Waals surface area contributed by atoms with Crippen molar-refractivity contribution in [3.8, 4) is 5.75 Å². The van der Waals surface area contributed by atoms with Crippen molar-refractivity contribution >= 4 is 5.69 Å². The molecular formula is C14H21FN2O. The molecule has 2 N–H and O–H groups in total. The van der Waals surface area contributed by atoms with Crippen molar-refractivity contribution in [1.82, 2.24) is 5.32 Å². The molecule has 2 unspecified atom stereocenters. The highest BCUT2D eigenvalue weighted by atomic mass is 19.1. The predicted octanol–water partition coefficient (Wildman–Crippen LogP) is 2.78. The first kappa shape index (κ1) is 13.1. The van der Waals surface area contributed by atoms with Gasteiger partial charge in [-0.1, -0.05) is 0 Å². The van der Waals surface area contributed by atoms with Crippen LogP contribution in [0.15, 0.2) is 18.2 Å². The Morgan fingerprint density at radius 2 is 2.39 bits per heavy atom. The molecule has 1 fully saturated rings. The summed E-state index contributed by atoms with van der Waals surface area (Å²) < 4.78 is 18.2. The summed E-state index contributed by atoms with van der Waals surface area (Å²) in [5.74, 6) is -0.0423. The minimum atomic E-state index is -0.326. The van der Waals surface area contributed by atoms with Crippen LogP contribution < -0.4 is 15.4 Å². The molecule has 1 aliphatic rings. The fourth-order valence-electron chi connectivity index (χ4n) is 2.48. The van der Waals surface area contributed by atoms with Crippen LogP contribution in [0.5, 0.6) is 5.75 Å². The number of halogens is 1. The zero-order valence-electron chi connectivity index (χ0n) is 11.0. The minimum Gasteiger partial charge on any atom is -0.494 e. The van der Waals surface area contributed by atoms with Crippen LogP contribution in [-0.2, 0) is 0 Å². The maximum atomic E-state index is 13.3. The van der Waals surface area contributed by atoms with Crippen molar-refractivity contribution in [2.24, 2.45) is 0 Å². The van der Waals surface area contributed by atoms with E-state index in [1.165, 1.54) is 26.0 Å². The summed E-state index contributed by atoms with van der Waals surface area (Å²) in [6, 6.07) is 5.84. The molecule has 4 heteroatoms. The highest BCUT2D eigenvalue weighted by molar-refractivity contribution is 5.49. The van der Waals surface area contributed by atoms with Crippen LogP contribution in [0.4, 0.5) is 10.1 Å². The second kappa shape index (κ2) is 6.05. The van der Waals surface area contributed by atoms with E-state index in [2.05, 4.69) is 17.6 Å².